The second-order valence-corrected chi connectivity index (χ2v) is 4.80. The maximum Gasteiger partial charge on any atom is 0.126 e. The van der Waals surface area contributed by atoms with E-state index in [1.807, 2.05) is 0 Å². The van der Waals surface area contributed by atoms with Crippen molar-refractivity contribution in [3.8, 4) is 0 Å². The Labute approximate surface area is 109 Å². The van der Waals surface area contributed by atoms with E-state index < -0.39 is 17.2 Å². The van der Waals surface area contributed by atoms with E-state index >= 15 is 0 Å². The van der Waals surface area contributed by atoms with E-state index in [1.54, 1.807) is 31.2 Å². The van der Waals surface area contributed by atoms with Crippen LogP contribution in [0.5, 0.6) is 0 Å². The van der Waals surface area contributed by atoms with E-state index in [9.17, 15) is 8.78 Å². The van der Waals surface area contributed by atoms with Gasteiger partial charge in [-0.2, -0.15) is 0 Å². The lowest BCUT2D eigenvalue weighted by Gasteiger charge is -2.26. The summed E-state index contributed by atoms with van der Waals surface area (Å²) in [5.41, 5.74) is 6.30. The van der Waals surface area contributed by atoms with Crippen LogP contribution in [0.1, 0.15) is 18.1 Å². The largest absolute Gasteiger partial charge is 0.318 e. The molecule has 0 fully saturated rings. The van der Waals surface area contributed by atoms with Gasteiger partial charge < -0.3 is 5.73 Å². The number of nitrogens with two attached hydrogens (primary N) is 1. The molecule has 0 radical (unpaired) electrons. The third kappa shape index (κ3) is 2.52. The Morgan fingerprint density at radius 1 is 0.944 bits per heavy atom. The Morgan fingerprint density at radius 2 is 1.44 bits per heavy atom. The van der Waals surface area contributed by atoms with Crippen LogP contribution in [0.15, 0.2) is 42.5 Å². The first-order chi connectivity index (χ1) is 8.39. The van der Waals surface area contributed by atoms with E-state index in [4.69, 9.17) is 17.3 Å². The maximum absolute atomic E-state index is 13.2. The van der Waals surface area contributed by atoms with Crippen molar-refractivity contribution in [2.45, 2.75) is 12.5 Å². The van der Waals surface area contributed by atoms with E-state index in [-0.39, 0.29) is 0 Å². The van der Waals surface area contributed by atoms with E-state index in [0.717, 1.165) is 11.6 Å². The molecule has 0 aliphatic rings. The third-order valence-corrected chi connectivity index (χ3v) is 3.16. The summed E-state index contributed by atoms with van der Waals surface area (Å²) in [6.07, 6.45) is 0. The van der Waals surface area contributed by atoms with Crippen molar-refractivity contribution in [2.75, 3.05) is 0 Å². The second kappa shape index (κ2) is 4.67. The molecule has 2 N–H and O–H groups in total. The normalized spacial score (nSPS) is 14.3. The Bertz CT molecular complexity index is 544. The van der Waals surface area contributed by atoms with Crippen LogP contribution < -0.4 is 5.73 Å². The van der Waals surface area contributed by atoms with Crippen LogP contribution in [0.2, 0.25) is 5.02 Å². The van der Waals surface area contributed by atoms with Gasteiger partial charge in [-0.1, -0.05) is 23.7 Å². The minimum atomic E-state index is -0.979. The molecule has 1 atom stereocenters. The molecule has 2 aromatic rings. The topological polar surface area (TPSA) is 26.0 Å². The van der Waals surface area contributed by atoms with Crippen LogP contribution in [-0.4, -0.2) is 0 Å². The molecular formula is C14H12ClF2N. The SMILES string of the molecule is CC(N)(c1ccc(Cl)cc1)c1cc(F)cc(F)c1. The molecule has 0 spiro atoms. The summed E-state index contributed by atoms with van der Waals surface area (Å²) in [7, 11) is 0. The summed E-state index contributed by atoms with van der Waals surface area (Å²) in [6.45, 7) is 1.70. The second-order valence-electron chi connectivity index (χ2n) is 4.37. The van der Waals surface area contributed by atoms with Gasteiger partial charge in [0.05, 0.1) is 5.54 Å². The molecule has 0 bridgehead atoms. The van der Waals surface area contributed by atoms with E-state index in [2.05, 4.69) is 0 Å². The minimum Gasteiger partial charge on any atom is -0.318 e. The zero-order valence-corrected chi connectivity index (χ0v) is 10.5. The third-order valence-electron chi connectivity index (χ3n) is 2.91. The Kier molecular flexibility index (Phi) is 3.37. The predicted molar refractivity (Wildman–Crippen MR) is 68.5 cm³/mol. The molecule has 94 valence electrons. The average molecular weight is 268 g/mol. The Balaban J connectivity index is 2.49. The highest BCUT2D eigenvalue weighted by molar-refractivity contribution is 6.30. The van der Waals surface area contributed by atoms with Gasteiger partial charge in [0, 0.05) is 11.1 Å². The van der Waals surface area contributed by atoms with Gasteiger partial charge >= 0.3 is 0 Å². The molecule has 2 rings (SSSR count). The zero-order valence-electron chi connectivity index (χ0n) is 9.75. The molecular weight excluding hydrogens is 256 g/mol. The van der Waals surface area contributed by atoms with Crippen LogP contribution in [0.4, 0.5) is 8.78 Å². The van der Waals surface area contributed by atoms with Crippen LogP contribution in [0.3, 0.4) is 0 Å². The number of rotatable bonds is 2. The molecule has 2 aromatic carbocycles. The molecule has 0 aromatic heterocycles. The van der Waals surface area contributed by atoms with Gasteiger partial charge in [-0.15, -0.1) is 0 Å². The Morgan fingerprint density at radius 3 is 1.94 bits per heavy atom. The van der Waals surface area contributed by atoms with Crippen LogP contribution in [0.25, 0.3) is 0 Å². The molecule has 0 heterocycles. The Hall–Kier alpha value is -1.45. The lowest BCUT2D eigenvalue weighted by Crippen LogP contribution is -2.34. The van der Waals surface area contributed by atoms with E-state index in [1.165, 1.54) is 12.1 Å². The first-order valence-corrected chi connectivity index (χ1v) is 5.79. The molecule has 0 saturated heterocycles. The van der Waals surface area contributed by atoms with Crippen LogP contribution in [-0.2, 0) is 5.54 Å². The van der Waals surface area contributed by atoms with Crippen LogP contribution in [0, 0.1) is 11.6 Å². The lowest BCUT2D eigenvalue weighted by molar-refractivity contribution is 0.550. The van der Waals surface area contributed by atoms with Gasteiger partial charge in [-0.3, -0.25) is 0 Å². The smallest absolute Gasteiger partial charge is 0.126 e. The highest BCUT2D eigenvalue weighted by Crippen LogP contribution is 2.28. The summed E-state index contributed by atoms with van der Waals surface area (Å²) in [5, 5.41) is 0.583. The number of benzene rings is 2. The monoisotopic (exact) mass is 267 g/mol. The van der Waals surface area contributed by atoms with Gasteiger partial charge in [0.15, 0.2) is 0 Å². The quantitative estimate of drug-likeness (QED) is 0.879. The summed E-state index contributed by atoms with van der Waals surface area (Å²) >= 11 is 5.80. The van der Waals surface area contributed by atoms with Gasteiger partial charge in [-0.05, 0) is 42.3 Å². The molecule has 0 aliphatic carbocycles. The van der Waals surface area contributed by atoms with Crippen molar-refractivity contribution in [1.82, 2.24) is 0 Å². The zero-order chi connectivity index (χ0) is 13.3. The fraction of sp³-hybridized carbons (Fsp3) is 0.143. The summed E-state index contributed by atoms with van der Waals surface area (Å²) in [6, 6.07) is 10.2. The first kappa shape index (κ1) is 13.0. The van der Waals surface area contributed by atoms with Gasteiger partial charge in [0.1, 0.15) is 11.6 Å². The van der Waals surface area contributed by atoms with Crippen molar-refractivity contribution >= 4 is 11.6 Å². The molecule has 1 nitrogen and oxygen atoms in total. The molecule has 18 heavy (non-hydrogen) atoms. The summed E-state index contributed by atoms with van der Waals surface area (Å²) in [4.78, 5) is 0. The fourth-order valence-corrected chi connectivity index (χ4v) is 1.94. The van der Waals surface area contributed by atoms with Crippen molar-refractivity contribution in [3.63, 3.8) is 0 Å². The molecule has 0 amide bonds. The highest BCUT2D eigenvalue weighted by atomic mass is 35.5. The van der Waals surface area contributed by atoms with Crippen LogP contribution >= 0.6 is 11.6 Å². The average Bonchev–Trinajstić information content (AvgIpc) is 2.28. The number of hydrogen-bond donors (Lipinski definition) is 1. The molecule has 0 aliphatic heterocycles. The molecule has 0 saturated carbocycles. The van der Waals surface area contributed by atoms with Gasteiger partial charge in [0.25, 0.3) is 0 Å². The van der Waals surface area contributed by atoms with Gasteiger partial charge in [-0.25, -0.2) is 8.78 Å². The maximum atomic E-state index is 13.2. The summed E-state index contributed by atoms with van der Waals surface area (Å²) < 4.78 is 26.4. The number of hydrogen-bond acceptors (Lipinski definition) is 1. The fourth-order valence-electron chi connectivity index (χ4n) is 1.82. The lowest BCUT2D eigenvalue weighted by atomic mass is 9.85. The van der Waals surface area contributed by atoms with Crippen molar-refractivity contribution in [1.29, 1.82) is 0 Å². The summed E-state index contributed by atoms with van der Waals surface area (Å²) in [5.74, 6) is -1.29. The molecule has 4 heteroatoms. The minimum absolute atomic E-state index is 0.377. The van der Waals surface area contributed by atoms with Crippen molar-refractivity contribution in [3.05, 3.63) is 70.2 Å². The number of halogens is 3. The predicted octanol–water partition coefficient (Wildman–Crippen LogP) is 3.84. The van der Waals surface area contributed by atoms with Gasteiger partial charge in [0.2, 0.25) is 0 Å². The van der Waals surface area contributed by atoms with Crippen molar-refractivity contribution < 1.29 is 8.78 Å². The van der Waals surface area contributed by atoms with E-state index in [0.29, 0.717) is 10.6 Å². The highest BCUT2D eigenvalue weighted by Gasteiger charge is 2.24. The standard InChI is InChI=1S/C14H12ClF2N/c1-14(18,9-2-4-11(15)5-3-9)10-6-12(16)8-13(17)7-10/h2-8H,18H2,1H3. The molecule has 1 unspecified atom stereocenters. The van der Waals surface area contributed by atoms with Crippen molar-refractivity contribution in [2.24, 2.45) is 5.73 Å². The first-order valence-electron chi connectivity index (χ1n) is 5.41.